The number of ether oxygens (including phenoxy) is 1. The Morgan fingerprint density at radius 2 is 2.33 bits per heavy atom. The van der Waals surface area contributed by atoms with Crippen LogP contribution in [0.2, 0.25) is 0 Å². The van der Waals surface area contributed by atoms with Gasteiger partial charge >= 0.3 is 5.97 Å². The summed E-state index contributed by atoms with van der Waals surface area (Å²) in [7, 11) is 1.41. The predicted molar refractivity (Wildman–Crippen MR) is 31.4 cm³/mol. The van der Waals surface area contributed by atoms with Crippen LogP contribution in [-0.2, 0) is 9.53 Å². The lowest BCUT2D eigenvalue weighted by molar-refractivity contribution is -0.413. The van der Waals surface area contributed by atoms with Crippen LogP contribution in [0.1, 0.15) is 12.8 Å². The fourth-order valence-corrected chi connectivity index (χ4v) is 0.842. The molecule has 1 aliphatic rings. The monoisotopic (exact) mass is 130 g/mol. The van der Waals surface area contributed by atoms with E-state index in [1.54, 1.807) is 0 Å². The van der Waals surface area contributed by atoms with Crippen LogP contribution in [0.25, 0.3) is 0 Å². The Balaban J connectivity index is 2.30. The van der Waals surface area contributed by atoms with Crippen molar-refractivity contribution >= 4 is 5.97 Å². The molecule has 0 aliphatic heterocycles. The van der Waals surface area contributed by atoms with Crippen LogP contribution in [-0.4, -0.2) is 19.1 Å². The zero-order chi connectivity index (χ0) is 6.85. The van der Waals surface area contributed by atoms with Gasteiger partial charge in [-0.15, -0.1) is 0 Å². The van der Waals surface area contributed by atoms with E-state index in [0.29, 0.717) is 5.92 Å². The molecule has 0 heterocycles. The SMILES string of the molecule is COC(=O)[C@@H]([NH3+])C1CC1. The smallest absolute Gasteiger partial charge is 0.364 e. The van der Waals surface area contributed by atoms with Gasteiger partial charge in [-0.05, 0) is 12.8 Å². The zero-order valence-corrected chi connectivity index (χ0v) is 5.59. The molecular formula is C6H12NO2+. The normalized spacial score (nSPS) is 21.1. The summed E-state index contributed by atoms with van der Waals surface area (Å²) in [5.74, 6) is 0.343. The summed E-state index contributed by atoms with van der Waals surface area (Å²) >= 11 is 0. The molecule has 0 amide bonds. The first-order valence-electron chi connectivity index (χ1n) is 3.16. The van der Waals surface area contributed by atoms with E-state index in [4.69, 9.17) is 0 Å². The number of methoxy groups -OCH3 is 1. The second-order valence-corrected chi connectivity index (χ2v) is 2.47. The highest BCUT2D eigenvalue weighted by Crippen LogP contribution is 2.30. The molecule has 3 heteroatoms. The minimum atomic E-state index is -0.169. The highest BCUT2D eigenvalue weighted by Gasteiger charge is 2.37. The number of hydrogen-bond donors (Lipinski definition) is 1. The molecule has 0 aromatic carbocycles. The van der Waals surface area contributed by atoms with Gasteiger partial charge in [0.15, 0.2) is 6.04 Å². The Morgan fingerprint density at radius 3 is 2.67 bits per heavy atom. The lowest BCUT2D eigenvalue weighted by Gasteiger charge is -2.01. The third-order valence-corrected chi connectivity index (χ3v) is 1.69. The number of carbonyl (C=O) groups excluding carboxylic acids is 1. The first-order valence-corrected chi connectivity index (χ1v) is 3.16. The zero-order valence-electron chi connectivity index (χ0n) is 5.59. The molecule has 52 valence electrons. The maximum Gasteiger partial charge on any atom is 0.364 e. The average Bonchev–Trinajstić information content (AvgIpc) is 2.66. The van der Waals surface area contributed by atoms with Gasteiger partial charge in [-0.25, -0.2) is 4.79 Å². The van der Waals surface area contributed by atoms with Gasteiger partial charge in [-0.3, -0.25) is 0 Å². The molecule has 0 spiro atoms. The summed E-state index contributed by atoms with van der Waals surface area (Å²) in [6, 6.07) is -0.116. The van der Waals surface area contributed by atoms with E-state index in [1.807, 2.05) is 0 Å². The topological polar surface area (TPSA) is 53.9 Å². The van der Waals surface area contributed by atoms with Crippen molar-refractivity contribution in [2.24, 2.45) is 5.92 Å². The van der Waals surface area contributed by atoms with Crippen molar-refractivity contribution in [3.63, 3.8) is 0 Å². The molecule has 0 unspecified atom stereocenters. The molecule has 0 radical (unpaired) electrons. The predicted octanol–water partition coefficient (Wildman–Crippen LogP) is -0.820. The average molecular weight is 130 g/mol. The van der Waals surface area contributed by atoms with Crippen LogP contribution in [0, 0.1) is 5.92 Å². The van der Waals surface area contributed by atoms with Crippen LogP contribution >= 0.6 is 0 Å². The van der Waals surface area contributed by atoms with E-state index in [0.717, 1.165) is 12.8 Å². The quantitative estimate of drug-likeness (QED) is 0.496. The second kappa shape index (κ2) is 2.35. The van der Waals surface area contributed by atoms with Crippen molar-refractivity contribution in [1.82, 2.24) is 0 Å². The van der Waals surface area contributed by atoms with Gasteiger partial charge in [0.1, 0.15) is 0 Å². The van der Waals surface area contributed by atoms with Crippen molar-refractivity contribution < 1.29 is 15.3 Å². The number of hydrogen-bond acceptors (Lipinski definition) is 2. The molecule has 9 heavy (non-hydrogen) atoms. The highest BCUT2D eigenvalue weighted by atomic mass is 16.5. The number of carbonyl (C=O) groups is 1. The largest absolute Gasteiger partial charge is 0.465 e. The van der Waals surface area contributed by atoms with E-state index in [1.165, 1.54) is 7.11 Å². The Bertz CT molecular complexity index is 120. The minimum Gasteiger partial charge on any atom is -0.465 e. The first-order chi connectivity index (χ1) is 4.25. The standard InChI is InChI=1S/C6H11NO2/c1-9-6(8)5(7)4-2-3-4/h4-5H,2-3,7H2,1H3/p+1/t5-/m0/s1. The minimum absolute atomic E-state index is 0.116. The molecule has 1 aliphatic carbocycles. The number of quaternary nitrogens is 1. The molecule has 3 nitrogen and oxygen atoms in total. The van der Waals surface area contributed by atoms with Gasteiger partial charge in [-0.1, -0.05) is 0 Å². The Hall–Kier alpha value is -0.570. The van der Waals surface area contributed by atoms with Crippen molar-refractivity contribution in [2.45, 2.75) is 18.9 Å². The second-order valence-electron chi connectivity index (χ2n) is 2.47. The van der Waals surface area contributed by atoms with Crippen LogP contribution in [0.4, 0.5) is 0 Å². The van der Waals surface area contributed by atoms with Gasteiger partial charge in [-0.2, -0.15) is 0 Å². The Labute approximate surface area is 54.2 Å². The highest BCUT2D eigenvalue weighted by molar-refractivity contribution is 5.74. The summed E-state index contributed by atoms with van der Waals surface area (Å²) in [5, 5.41) is 0. The fourth-order valence-electron chi connectivity index (χ4n) is 0.842. The van der Waals surface area contributed by atoms with Crippen LogP contribution in [0.3, 0.4) is 0 Å². The van der Waals surface area contributed by atoms with Crippen molar-refractivity contribution in [2.75, 3.05) is 7.11 Å². The van der Waals surface area contributed by atoms with Crippen LogP contribution in [0.15, 0.2) is 0 Å². The molecule has 0 aromatic heterocycles. The van der Waals surface area contributed by atoms with Crippen LogP contribution < -0.4 is 5.73 Å². The molecule has 1 fully saturated rings. The molecular weight excluding hydrogens is 118 g/mol. The first kappa shape index (κ1) is 6.55. The van der Waals surface area contributed by atoms with Gasteiger partial charge in [0.2, 0.25) is 0 Å². The number of rotatable bonds is 2. The molecule has 3 N–H and O–H groups in total. The van der Waals surface area contributed by atoms with E-state index >= 15 is 0 Å². The molecule has 0 aromatic rings. The summed E-state index contributed by atoms with van der Waals surface area (Å²) in [5.41, 5.74) is 3.70. The molecule has 1 rings (SSSR count). The summed E-state index contributed by atoms with van der Waals surface area (Å²) < 4.78 is 4.51. The summed E-state index contributed by atoms with van der Waals surface area (Å²) in [6.45, 7) is 0. The van der Waals surface area contributed by atoms with Gasteiger partial charge < -0.3 is 10.5 Å². The van der Waals surface area contributed by atoms with E-state index in [9.17, 15) is 4.79 Å². The van der Waals surface area contributed by atoms with E-state index < -0.39 is 0 Å². The fraction of sp³-hybridized carbons (Fsp3) is 0.833. The van der Waals surface area contributed by atoms with E-state index in [2.05, 4.69) is 10.5 Å². The Kier molecular flexibility index (Phi) is 1.71. The molecule has 0 bridgehead atoms. The molecule has 0 saturated heterocycles. The van der Waals surface area contributed by atoms with Gasteiger partial charge in [0.05, 0.1) is 7.11 Å². The Morgan fingerprint density at radius 1 is 1.78 bits per heavy atom. The summed E-state index contributed by atoms with van der Waals surface area (Å²) in [4.78, 5) is 10.7. The maximum absolute atomic E-state index is 10.7. The van der Waals surface area contributed by atoms with Crippen molar-refractivity contribution in [1.29, 1.82) is 0 Å². The van der Waals surface area contributed by atoms with Crippen molar-refractivity contribution in [3.8, 4) is 0 Å². The molecule has 1 saturated carbocycles. The lowest BCUT2D eigenvalue weighted by Crippen LogP contribution is -2.66. The van der Waals surface area contributed by atoms with Gasteiger partial charge in [0.25, 0.3) is 0 Å². The van der Waals surface area contributed by atoms with E-state index in [-0.39, 0.29) is 12.0 Å². The lowest BCUT2D eigenvalue weighted by atomic mass is 10.2. The third-order valence-electron chi connectivity index (χ3n) is 1.69. The van der Waals surface area contributed by atoms with Gasteiger partial charge in [0, 0.05) is 5.92 Å². The number of esters is 1. The van der Waals surface area contributed by atoms with Crippen LogP contribution in [0.5, 0.6) is 0 Å². The molecule has 1 atom stereocenters. The third kappa shape index (κ3) is 1.42. The van der Waals surface area contributed by atoms with Crippen molar-refractivity contribution in [3.05, 3.63) is 0 Å². The summed E-state index contributed by atoms with van der Waals surface area (Å²) in [6.07, 6.45) is 2.28. The maximum atomic E-state index is 10.7.